The molecule has 0 unspecified atom stereocenters. The molecule has 2 aromatic carbocycles. The molecular weight excluding hydrogens is 395 g/mol. The van der Waals surface area contributed by atoms with Gasteiger partial charge in [0.15, 0.2) is 0 Å². The second-order valence-corrected chi connectivity index (χ2v) is 8.84. The number of fused-ring (bicyclic) bond motifs is 2. The van der Waals surface area contributed by atoms with E-state index in [4.69, 9.17) is 0 Å². The van der Waals surface area contributed by atoms with E-state index in [0.717, 1.165) is 0 Å². The van der Waals surface area contributed by atoms with Crippen LogP contribution in [-0.2, 0) is 19.9 Å². The van der Waals surface area contributed by atoms with Crippen molar-refractivity contribution in [3.63, 3.8) is 0 Å². The molecule has 1 heterocycles. The van der Waals surface area contributed by atoms with Gasteiger partial charge in [-0.05, 0) is 29.2 Å². The van der Waals surface area contributed by atoms with Crippen molar-refractivity contribution in [2.24, 2.45) is 4.40 Å². The largest absolute Gasteiger partial charge is 0.860 e. The Bertz CT molecular complexity index is 1070. The van der Waals surface area contributed by atoms with E-state index in [1.165, 1.54) is 48.5 Å². The molecule has 1 aliphatic rings. The molecule has 0 saturated carbocycles. The van der Waals surface area contributed by atoms with Crippen molar-refractivity contribution in [1.82, 2.24) is 0 Å². The zero-order chi connectivity index (χ0) is 19.3. The van der Waals surface area contributed by atoms with E-state index in [2.05, 4.69) is 4.40 Å². The highest BCUT2D eigenvalue weighted by Gasteiger charge is 2.46. The van der Waals surface area contributed by atoms with E-state index in [0.29, 0.717) is 0 Å². The van der Waals surface area contributed by atoms with Gasteiger partial charge in [-0.3, -0.25) is 0 Å². The van der Waals surface area contributed by atoms with Gasteiger partial charge in [0.2, 0.25) is 9.84 Å². The average molecular weight is 404 g/mol. The molecule has 0 radical (unpaired) electrons. The zero-order valence-electron chi connectivity index (χ0n) is 12.6. The molecule has 0 spiro atoms. The summed E-state index contributed by atoms with van der Waals surface area (Å²) in [5.41, 5.74) is -5.99. The summed E-state index contributed by atoms with van der Waals surface area (Å²) in [6.07, 6.45) is 0. The molecule has 3 rings (SSSR count). The summed E-state index contributed by atoms with van der Waals surface area (Å²) in [5, 5.41) is 12.4. The van der Waals surface area contributed by atoms with Crippen LogP contribution in [0.3, 0.4) is 0 Å². The van der Waals surface area contributed by atoms with Crippen LogP contribution in [0.1, 0.15) is 17.0 Å². The molecule has 0 N–H and O–H groups in total. The maximum Gasteiger partial charge on any atom is 0.518 e. The lowest BCUT2D eigenvalue weighted by molar-refractivity contribution is -0.219. The van der Waals surface area contributed by atoms with Crippen molar-refractivity contribution in [3.05, 3.63) is 59.7 Å². The van der Waals surface area contributed by atoms with Gasteiger partial charge in [-0.25, -0.2) is 8.42 Å². The first-order valence-electron chi connectivity index (χ1n) is 6.98. The molecule has 0 saturated heterocycles. The first-order chi connectivity index (χ1) is 12.0. The molecule has 138 valence electrons. The number of benzene rings is 2. The molecule has 0 aliphatic carbocycles. The quantitative estimate of drug-likeness (QED) is 0.558. The first kappa shape index (κ1) is 18.4. The molecule has 0 atom stereocenters. The number of sulfone groups is 1. The van der Waals surface area contributed by atoms with Crippen molar-refractivity contribution in [3.8, 4) is 0 Å². The molecule has 0 aromatic heterocycles. The van der Waals surface area contributed by atoms with Crippen LogP contribution < -0.4 is 5.11 Å². The normalized spacial score (nSPS) is 17.4. The van der Waals surface area contributed by atoms with Gasteiger partial charge in [-0.2, -0.15) is 26.0 Å². The highest BCUT2D eigenvalue weighted by molar-refractivity contribution is 7.91. The van der Waals surface area contributed by atoms with Crippen LogP contribution in [0.4, 0.5) is 13.2 Å². The summed E-state index contributed by atoms with van der Waals surface area (Å²) < 4.78 is 87.8. The molecule has 0 bridgehead atoms. The van der Waals surface area contributed by atoms with Crippen LogP contribution in [0.5, 0.6) is 0 Å². The van der Waals surface area contributed by atoms with E-state index in [1.54, 1.807) is 0 Å². The van der Waals surface area contributed by atoms with Gasteiger partial charge < -0.3 is 5.11 Å². The summed E-state index contributed by atoms with van der Waals surface area (Å²) in [7, 11) is -10.1. The maximum absolute atomic E-state index is 12.7. The Balaban J connectivity index is 2.31. The number of halogens is 3. The first-order valence-corrected chi connectivity index (χ1v) is 9.90. The van der Waals surface area contributed by atoms with Crippen LogP contribution in [0.25, 0.3) is 0 Å². The summed E-state index contributed by atoms with van der Waals surface area (Å²) in [5.74, 6) is -3.19. The number of hydrogen-bond donors (Lipinski definition) is 0. The fourth-order valence-corrected chi connectivity index (χ4v) is 4.89. The van der Waals surface area contributed by atoms with Crippen LogP contribution in [0.15, 0.2) is 62.7 Å². The molecular formula is C15H9F3NO5S2-. The van der Waals surface area contributed by atoms with Gasteiger partial charge in [0.05, 0.1) is 9.79 Å². The predicted molar refractivity (Wildman–Crippen MR) is 82.6 cm³/mol. The molecule has 6 nitrogen and oxygen atoms in total. The highest BCUT2D eigenvalue weighted by atomic mass is 32.2. The van der Waals surface area contributed by atoms with E-state index < -0.39 is 37.2 Å². The predicted octanol–water partition coefficient (Wildman–Crippen LogP) is 1.57. The van der Waals surface area contributed by atoms with E-state index in [1.807, 2.05) is 0 Å². The number of rotatable bonds is 2. The Kier molecular flexibility index (Phi) is 4.11. The molecule has 0 fully saturated rings. The minimum absolute atomic E-state index is 0.127. The Labute approximate surface area is 146 Å². The van der Waals surface area contributed by atoms with Gasteiger partial charge in [-0.15, -0.1) is 0 Å². The van der Waals surface area contributed by atoms with Gasteiger partial charge >= 0.3 is 15.5 Å². The van der Waals surface area contributed by atoms with Gasteiger partial charge in [-0.1, -0.05) is 36.4 Å². The van der Waals surface area contributed by atoms with Crippen molar-refractivity contribution in [2.45, 2.75) is 21.2 Å². The lowest BCUT2D eigenvalue weighted by Gasteiger charge is -2.31. The van der Waals surface area contributed by atoms with Gasteiger partial charge in [0, 0.05) is 5.92 Å². The molecule has 0 amide bonds. The summed E-state index contributed by atoms with van der Waals surface area (Å²) in [6, 6.07) is 10.4. The monoisotopic (exact) mass is 404 g/mol. The van der Waals surface area contributed by atoms with Crippen LogP contribution in [0, 0.1) is 0 Å². The van der Waals surface area contributed by atoms with Crippen LogP contribution in [-0.4, -0.2) is 28.2 Å². The fraction of sp³-hybridized carbons (Fsp3) is 0.133. The van der Waals surface area contributed by atoms with E-state index >= 15 is 0 Å². The zero-order valence-corrected chi connectivity index (χ0v) is 14.3. The van der Waals surface area contributed by atoms with Crippen molar-refractivity contribution >= 4 is 25.8 Å². The van der Waals surface area contributed by atoms with Gasteiger partial charge in [0.25, 0.3) is 0 Å². The lowest BCUT2D eigenvalue weighted by atomic mass is 9.90. The SMILES string of the molecule is O=S1(=O)c2ccccc2C(/C([O-])=N/S(=O)(=O)C(F)(F)F)c2ccccc21. The molecule has 2 aromatic rings. The van der Waals surface area contributed by atoms with Crippen molar-refractivity contribution < 1.29 is 35.1 Å². The topological polar surface area (TPSA) is 104 Å². The number of alkyl halides is 3. The maximum atomic E-state index is 12.7. The molecule has 26 heavy (non-hydrogen) atoms. The third-order valence-electron chi connectivity index (χ3n) is 3.79. The summed E-state index contributed by atoms with van der Waals surface area (Å²) in [6.45, 7) is 0. The number of sulfonamides is 1. The second kappa shape index (κ2) is 5.81. The molecule has 1 aliphatic heterocycles. The Morgan fingerprint density at radius 1 is 0.962 bits per heavy atom. The molecule has 11 heteroatoms. The minimum Gasteiger partial charge on any atom is -0.860 e. The lowest BCUT2D eigenvalue weighted by Crippen LogP contribution is -2.34. The Hall–Kier alpha value is -2.40. The minimum atomic E-state index is -6.05. The third kappa shape index (κ3) is 2.76. The number of hydrogen-bond acceptors (Lipinski definition) is 5. The number of nitrogens with zero attached hydrogens (tertiary/aromatic N) is 1. The summed E-state index contributed by atoms with van der Waals surface area (Å²) in [4.78, 5) is -0.562. The van der Waals surface area contributed by atoms with Crippen LogP contribution in [0.2, 0.25) is 0 Å². The Morgan fingerprint density at radius 3 is 1.81 bits per heavy atom. The van der Waals surface area contributed by atoms with E-state index in [-0.39, 0.29) is 20.9 Å². The van der Waals surface area contributed by atoms with Crippen molar-refractivity contribution in [2.75, 3.05) is 0 Å². The standard InChI is InChI=1S/C15H10F3NO5S2/c16-15(17,18)26(23,24)19-14(20)13-9-5-1-3-7-11(9)25(21,22)12-8-4-2-6-10(12)13/h1-8,13H,(H,19,20)/p-1. The van der Waals surface area contributed by atoms with E-state index in [9.17, 15) is 35.1 Å². The fourth-order valence-electron chi connectivity index (χ4n) is 2.70. The smallest absolute Gasteiger partial charge is 0.518 e. The summed E-state index contributed by atoms with van der Waals surface area (Å²) >= 11 is 0. The highest BCUT2D eigenvalue weighted by Crippen LogP contribution is 2.42. The van der Waals surface area contributed by atoms with Crippen molar-refractivity contribution in [1.29, 1.82) is 0 Å². The third-order valence-corrected chi connectivity index (χ3v) is 6.70. The van der Waals surface area contributed by atoms with Crippen LogP contribution >= 0.6 is 0 Å². The average Bonchev–Trinajstić information content (AvgIpc) is 2.54. The second-order valence-electron chi connectivity index (χ2n) is 5.36. The van der Waals surface area contributed by atoms with Gasteiger partial charge in [0.1, 0.15) is 0 Å². The Morgan fingerprint density at radius 2 is 1.38 bits per heavy atom.